The van der Waals surface area contributed by atoms with Gasteiger partial charge in [-0.15, -0.1) is 0 Å². The lowest BCUT2D eigenvalue weighted by Crippen LogP contribution is -2.28. The number of halogens is 2. The Balaban J connectivity index is 1.56. The molecule has 0 aromatic heterocycles. The second-order valence-corrected chi connectivity index (χ2v) is 5.82. The SMILES string of the molecule is Fc1ccc(Br)c(CNCC2Cc3ccccc32)c1. The van der Waals surface area contributed by atoms with Gasteiger partial charge in [-0.1, -0.05) is 40.2 Å². The maximum absolute atomic E-state index is 13.2. The van der Waals surface area contributed by atoms with E-state index in [1.165, 1.54) is 17.2 Å². The van der Waals surface area contributed by atoms with E-state index in [1.807, 2.05) is 0 Å². The van der Waals surface area contributed by atoms with Gasteiger partial charge in [-0.2, -0.15) is 0 Å². The number of benzene rings is 2. The van der Waals surface area contributed by atoms with Crippen molar-refractivity contribution in [2.24, 2.45) is 0 Å². The summed E-state index contributed by atoms with van der Waals surface area (Å²) in [6.07, 6.45) is 1.15. The Morgan fingerprint density at radius 1 is 1.21 bits per heavy atom. The lowest BCUT2D eigenvalue weighted by molar-refractivity contribution is 0.533. The van der Waals surface area contributed by atoms with Gasteiger partial charge in [-0.25, -0.2) is 4.39 Å². The zero-order valence-electron chi connectivity index (χ0n) is 10.5. The molecule has 3 heteroatoms. The Kier molecular flexibility index (Phi) is 3.67. The lowest BCUT2D eigenvalue weighted by Gasteiger charge is -2.30. The third-order valence-electron chi connectivity index (χ3n) is 3.68. The lowest BCUT2D eigenvalue weighted by atomic mass is 9.77. The fourth-order valence-corrected chi connectivity index (χ4v) is 2.99. The first kappa shape index (κ1) is 12.8. The normalized spacial score (nSPS) is 16.8. The van der Waals surface area contributed by atoms with Crippen molar-refractivity contribution in [3.05, 3.63) is 69.4 Å². The van der Waals surface area contributed by atoms with Gasteiger partial charge in [0, 0.05) is 23.5 Å². The van der Waals surface area contributed by atoms with E-state index in [0.29, 0.717) is 12.5 Å². The number of fused-ring (bicyclic) bond motifs is 1. The second-order valence-electron chi connectivity index (χ2n) is 4.97. The van der Waals surface area contributed by atoms with E-state index in [-0.39, 0.29) is 5.82 Å². The molecule has 1 unspecified atom stereocenters. The van der Waals surface area contributed by atoms with Crippen LogP contribution in [0.3, 0.4) is 0 Å². The van der Waals surface area contributed by atoms with Gasteiger partial charge in [-0.3, -0.25) is 0 Å². The molecule has 19 heavy (non-hydrogen) atoms. The van der Waals surface area contributed by atoms with Gasteiger partial charge in [0.2, 0.25) is 0 Å². The summed E-state index contributed by atoms with van der Waals surface area (Å²) in [5.74, 6) is 0.414. The van der Waals surface area contributed by atoms with Gasteiger partial charge in [0.25, 0.3) is 0 Å². The molecule has 98 valence electrons. The van der Waals surface area contributed by atoms with Crippen LogP contribution < -0.4 is 5.32 Å². The van der Waals surface area contributed by atoms with Crippen LogP contribution in [0.2, 0.25) is 0 Å². The van der Waals surface area contributed by atoms with Gasteiger partial charge in [0.05, 0.1) is 0 Å². The summed E-state index contributed by atoms with van der Waals surface area (Å²) in [7, 11) is 0. The number of nitrogens with one attached hydrogen (secondary N) is 1. The van der Waals surface area contributed by atoms with Crippen molar-refractivity contribution in [1.29, 1.82) is 0 Å². The monoisotopic (exact) mass is 319 g/mol. The molecular formula is C16H15BrFN. The van der Waals surface area contributed by atoms with Crippen molar-refractivity contribution in [3.8, 4) is 0 Å². The van der Waals surface area contributed by atoms with Gasteiger partial charge in [0.1, 0.15) is 5.82 Å². The molecule has 1 nitrogen and oxygen atoms in total. The van der Waals surface area contributed by atoms with E-state index in [4.69, 9.17) is 0 Å². The summed E-state index contributed by atoms with van der Waals surface area (Å²) >= 11 is 3.45. The summed E-state index contributed by atoms with van der Waals surface area (Å²) in [4.78, 5) is 0. The molecule has 1 atom stereocenters. The molecule has 3 rings (SSSR count). The number of hydrogen-bond donors (Lipinski definition) is 1. The maximum atomic E-state index is 13.2. The molecule has 0 fully saturated rings. The first-order valence-corrected chi connectivity index (χ1v) is 7.26. The van der Waals surface area contributed by atoms with Gasteiger partial charge < -0.3 is 5.32 Å². The average molecular weight is 320 g/mol. The van der Waals surface area contributed by atoms with Crippen molar-refractivity contribution in [2.45, 2.75) is 18.9 Å². The van der Waals surface area contributed by atoms with Gasteiger partial charge in [0.15, 0.2) is 0 Å². The molecule has 2 aromatic rings. The summed E-state index contributed by atoms with van der Waals surface area (Å²) in [5, 5.41) is 3.42. The van der Waals surface area contributed by atoms with Crippen molar-refractivity contribution in [3.63, 3.8) is 0 Å². The molecule has 1 aliphatic rings. The molecular weight excluding hydrogens is 305 g/mol. The van der Waals surface area contributed by atoms with Crippen LogP contribution in [0, 0.1) is 5.82 Å². The highest BCUT2D eigenvalue weighted by Gasteiger charge is 2.24. The molecule has 0 heterocycles. The topological polar surface area (TPSA) is 12.0 Å². The highest BCUT2D eigenvalue weighted by molar-refractivity contribution is 9.10. The van der Waals surface area contributed by atoms with Gasteiger partial charge >= 0.3 is 0 Å². The van der Waals surface area contributed by atoms with Crippen LogP contribution in [-0.4, -0.2) is 6.54 Å². The molecule has 2 aromatic carbocycles. The average Bonchev–Trinajstić information content (AvgIpc) is 2.39. The van der Waals surface area contributed by atoms with Crippen LogP contribution in [0.1, 0.15) is 22.6 Å². The molecule has 0 saturated heterocycles. The summed E-state index contributed by atoms with van der Waals surface area (Å²) < 4.78 is 14.1. The minimum absolute atomic E-state index is 0.186. The highest BCUT2D eigenvalue weighted by Crippen LogP contribution is 2.34. The van der Waals surface area contributed by atoms with Crippen LogP contribution in [-0.2, 0) is 13.0 Å². The van der Waals surface area contributed by atoms with E-state index in [2.05, 4.69) is 45.5 Å². The smallest absolute Gasteiger partial charge is 0.123 e. The summed E-state index contributed by atoms with van der Waals surface area (Å²) in [6, 6.07) is 13.4. The fraction of sp³-hybridized carbons (Fsp3) is 0.250. The zero-order valence-corrected chi connectivity index (χ0v) is 12.1. The minimum atomic E-state index is -0.186. The van der Waals surface area contributed by atoms with Crippen LogP contribution in [0.5, 0.6) is 0 Å². The Bertz CT molecular complexity index is 597. The predicted molar refractivity (Wildman–Crippen MR) is 78.7 cm³/mol. The second kappa shape index (κ2) is 5.43. The van der Waals surface area contributed by atoms with Crippen molar-refractivity contribution < 1.29 is 4.39 Å². The third kappa shape index (κ3) is 2.72. The Hall–Kier alpha value is -1.19. The quantitative estimate of drug-likeness (QED) is 0.897. The number of hydrogen-bond acceptors (Lipinski definition) is 1. The third-order valence-corrected chi connectivity index (χ3v) is 4.45. The standard InChI is InChI=1S/C16H15BrFN/c17-16-6-5-14(18)8-13(16)10-19-9-12-7-11-3-1-2-4-15(11)12/h1-6,8,12,19H,7,9-10H2. The van der Waals surface area contributed by atoms with Crippen LogP contribution in [0.15, 0.2) is 46.9 Å². The molecule has 0 saturated carbocycles. The van der Waals surface area contributed by atoms with E-state index < -0.39 is 0 Å². The predicted octanol–water partition coefficient (Wildman–Crippen LogP) is 4.02. The Morgan fingerprint density at radius 3 is 2.89 bits per heavy atom. The molecule has 0 radical (unpaired) electrons. The van der Waals surface area contributed by atoms with Crippen LogP contribution in [0.25, 0.3) is 0 Å². The van der Waals surface area contributed by atoms with E-state index in [1.54, 1.807) is 12.1 Å². The summed E-state index contributed by atoms with van der Waals surface area (Å²) in [5.41, 5.74) is 3.88. The van der Waals surface area contributed by atoms with Crippen LogP contribution >= 0.6 is 15.9 Å². The zero-order chi connectivity index (χ0) is 13.2. The molecule has 0 amide bonds. The van der Waals surface area contributed by atoms with Crippen molar-refractivity contribution in [1.82, 2.24) is 5.32 Å². The number of rotatable bonds is 4. The first-order chi connectivity index (χ1) is 9.24. The largest absolute Gasteiger partial charge is 0.312 e. The van der Waals surface area contributed by atoms with Crippen molar-refractivity contribution in [2.75, 3.05) is 6.54 Å². The molecule has 1 aliphatic carbocycles. The molecule has 0 bridgehead atoms. The fourth-order valence-electron chi connectivity index (χ4n) is 2.60. The van der Waals surface area contributed by atoms with E-state index >= 15 is 0 Å². The molecule has 0 aliphatic heterocycles. The Labute approximate surface area is 121 Å². The van der Waals surface area contributed by atoms with Crippen LogP contribution in [0.4, 0.5) is 4.39 Å². The van der Waals surface area contributed by atoms with Crippen molar-refractivity contribution >= 4 is 15.9 Å². The highest BCUT2D eigenvalue weighted by atomic mass is 79.9. The first-order valence-electron chi connectivity index (χ1n) is 6.46. The Morgan fingerprint density at radius 2 is 2.05 bits per heavy atom. The van der Waals surface area contributed by atoms with E-state index in [0.717, 1.165) is 23.0 Å². The van der Waals surface area contributed by atoms with E-state index in [9.17, 15) is 4.39 Å². The molecule has 1 N–H and O–H groups in total. The van der Waals surface area contributed by atoms with Gasteiger partial charge in [-0.05, 0) is 41.3 Å². The maximum Gasteiger partial charge on any atom is 0.123 e. The molecule has 0 spiro atoms. The minimum Gasteiger partial charge on any atom is -0.312 e. The summed E-state index contributed by atoms with van der Waals surface area (Å²) in [6.45, 7) is 1.64.